The van der Waals surface area contributed by atoms with Crippen LogP contribution >= 0.6 is 14.3 Å². The molecule has 8 rings (SSSR count). The Balaban J connectivity index is 0.000000172. The number of carbonyl (C=O) groups is 1. The molecule has 0 amide bonds. The molecule has 0 aliphatic carbocycles. The van der Waals surface area contributed by atoms with Crippen LogP contribution in [0.5, 0.6) is 17.2 Å². The number of halogens is 3. The summed E-state index contributed by atoms with van der Waals surface area (Å²) in [5.41, 5.74) is -3.27. The van der Waals surface area contributed by atoms with Gasteiger partial charge in [0.05, 0.1) is 5.39 Å². The van der Waals surface area contributed by atoms with Gasteiger partial charge in [-0.2, -0.15) is 13.2 Å². The fourth-order valence-electron chi connectivity index (χ4n) is 6.43. The third kappa shape index (κ3) is 10.2. The van der Waals surface area contributed by atoms with E-state index in [1.54, 1.807) is 6.08 Å². The quantitative estimate of drug-likeness (QED) is 0.0693. The molecule has 8 nitrogen and oxygen atoms in total. The maximum atomic E-state index is 13.8. The number of hydrogen-bond donors (Lipinski definition) is 1. The van der Waals surface area contributed by atoms with Crippen molar-refractivity contribution in [3.05, 3.63) is 204 Å². The number of Topliss-reactive ketones (excluding diaryl/α,β-unsaturated/α-hetero) is 1. The molecule has 0 unspecified atom stereocenters. The number of fused-ring (bicyclic) bond motifs is 2. The zero-order valence-electron chi connectivity index (χ0n) is 32.4. The van der Waals surface area contributed by atoms with E-state index in [1.165, 1.54) is 6.07 Å². The van der Waals surface area contributed by atoms with Gasteiger partial charge in [-0.25, -0.2) is 4.79 Å². The van der Waals surface area contributed by atoms with E-state index in [0.29, 0.717) is 0 Å². The molecular formula is C47H37EuF3O8P2. The van der Waals surface area contributed by atoms with Gasteiger partial charge >= 0.3 is 11.8 Å². The van der Waals surface area contributed by atoms with Crippen LogP contribution in [0.1, 0.15) is 17.3 Å². The van der Waals surface area contributed by atoms with E-state index in [1.807, 2.05) is 165 Å². The van der Waals surface area contributed by atoms with Crippen molar-refractivity contribution in [1.82, 2.24) is 0 Å². The standard InChI is InChI=1S/C18H15OP.C17H17OP.C12H5F3O6.Eu/c19-20(16-10-4-1-5-11-16,17-12-6-2-7-13-17)18-14-8-3-9-15-18;1-3-15(4-2)19(18,16-11-7-5-8-12-16)17-13-9-6-10-14-17;13-12(14,15)10(17)8-9(16)4-1-6-7(20-3-19-6)2-5(4)21-11(8)18;/h1-15H;3-14H,1H2,2H3;1-2,16H,3H2;/b;15-4+;;. The molecule has 0 saturated carbocycles. The summed E-state index contributed by atoms with van der Waals surface area (Å²) in [4.78, 5) is 22.7. The van der Waals surface area contributed by atoms with E-state index in [4.69, 9.17) is 9.47 Å². The van der Waals surface area contributed by atoms with E-state index < -0.39 is 43.2 Å². The van der Waals surface area contributed by atoms with Crippen molar-refractivity contribution in [2.24, 2.45) is 0 Å². The Hall–Kier alpha value is -5.09. The van der Waals surface area contributed by atoms with Crippen LogP contribution in [0.15, 0.2) is 197 Å². The van der Waals surface area contributed by atoms with E-state index in [0.717, 1.165) is 37.9 Å². The van der Waals surface area contributed by atoms with E-state index in [-0.39, 0.29) is 78.6 Å². The van der Waals surface area contributed by atoms with Gasteiger partial charge in [0.1, 0.15) is 11.3 Å². The van der Waals surface area contributed by atoms with Crippen molar-refractivity contribution < 1.29 is 95.5 Å². The first kappa shape index (κ1) is 47.0. The van der Waals surface area contributed by atoms with Gasteiger partial charge in [-0.05, 0) is 13.0 Å². The number of benzene rings is 6. The Labute approximate surface area is 390 Å². The van der Waals surface area contributed by atoms with Crippen LogP contribution in [0.25, 0.3) is 11.0 Å². The molecule has 1 aliphatic heterocycles. The molecule has 6 aromatic carbocycles. The fourth-order valence-corrected chi connectivity index (χ4v) is 11.8. The second-order valence-electron chi connectivity index (χ2n) is 13.0. The minimum absolute atomic E-state index is 0. The molecule has 1 aromatic heterocycles. The molecule has 0 saturated heterocycles. The minimum Gasteiger partial charge on any atom is -0.506 e. The van der Waals surface area contributed by atoms with Gasteiger partial charge in [0.2, 0.25) is 6.79 Å². The zero-order valence-corrected chi connectivity index (χ0v) is 36.6. The molecular weight excluding hydrogens is 963 g/mol. The maximum absolute atomic E-state index is 13.8. The van der Waals surface area contributed by atoms with Gasteiger partial charge < -0.3 is 28.1 Å². The molecule has 2 heterocycles. The summed E-state index contributed by atoms with van der Waals surface area (Å²) in [6.45, 7) is 5.59. The summed E-state index contributed by atoms with van der Waals surface area (Å²) in [5, 5.41) is 14.6. The van der Waals surface area contributed by atoms with Gasteiger partial charge in [-0.15, -0.1) is 0 Å². The van der Waals surface area contributed by atoms with Crippen LogP contribution < -0.4 is 41.6 Å². The van der Waals surface area contributed by atoms with Crippen molar-refractivity contribution in [3.8, 4) is 17.2 Å². The van der Waals surface area contributed by atoms with Crippen molar-refractivity contribution in [2.75, 3.05) is 6.79 Å². The molecule has 0 atom stereocenters. The molecule has 311 valence electrons. The SMILES string of the molecule is C=C/C(=C\C)P(=O)(c1ccccc1)c1ccccc1.O=C(c1c(O)c2cc3c(cc2oc1=O)OCO3)C(F)(F)F.O=P(c1ccccc1)(c1ccccc1)c1ccccc1.[Eu]. The number of hydrogen-bond acceptors (Lipinski definition) is 8. The molecule has 7 aromatic rings. The van der Waals surface area contributed by atoms with Crippen LogP contribution in [0, 0.1) is 49.4 Å². The first-order chi connectivity index (χ1) is 28.8. The molecule has 0 fully saturated rings. The molecule has 0 bridgehead atoms. The van der Waals surface area contributed by atoms with Crippen molar-refractivity contribution in [2.45, 2.75) is 13.1 Å². The topological polar surface area (TPSA) is 120 Å². The van der Waals surface area contributed by atoms with Gasteiger partial charge in [0.25, 0.3) is 5.78 Å². The average molecular weight is 1000 g/mol. The van der Waals surface area contributed by atoms with Crippen molar-refractivity contribution >= 4 is 57.6 Å². The maximum Gasteiger partial charge on any atom is 0.455 e. The number of ketones is 1. The van der Waals surface area contributed by atoms with Gasteiger partial charge in [-0.3, -0.25) is 4.79 Å². The number of ether oxygens (including phenoxy) is 2. The zero-order chi connectivity index (χ0) is 42.9. The molecule has 1 radical (unpaired) electrons. The Bertz CT molecular complexity index is 2650. The summed E-state index contributed by atoms with van der Waals surface area (Å²) in [6.07, 6.45) is -1.73. The number of rotatable bonds is 8. The number of allylic oxidation sites excluding steroid dienone is 3. The summed E-state index contributed by atoms with van der Waals surface area (Å²) < 4.78 is 79.4. The van der Waals surface area contributed by atoms with Crippen LogP contribution in [0.2, 0.25) is 0 Å². The van der Waals surface area contributed by atoms with E-state index in [2.05, 4.69) is 11.0 Å². The van der Waals surface area contributed by atoms with Crippen LogP contribution in [0.4, 0.5) is 13.2 Å². The van der Waals surface area contributed by atoms with Crippen LogP contribution in [0.3, 0.4) is 0 Å². The van der Waals surface area contributed by atoms with Gasteiger partial charge in [-0.1, -0.05) is 170 Å². The van der Waals surface area contributed by atoms with E-state index in [9.17, 15) is 37.0 Å². The first-order valence-electron chi connectivity index (χ1n) is 18.3. The smallest absolute Gasteiger partial charge is 0.455 e. The Morgan fingerprint density at radius 1 is 0.672 bits per heavy atom. The van der Waals surface area contributed by atoms with Crippen molar-refractivity contribution in [3.63, 3.8) is 0 Å². The summed E-state index contributed by atoms with van der Waals surface area (Å²) in [5.74, 6) is -3.23. The Morgan fingerprint density at radius 3 is 1.41 bits per heavy atom. The third-order valence-corrected chi connectivity index (χ3v) is 15.6. The summed E-state index contributed by atoms with van der Waals surface area (Å²) in [6, 6.07) is 50.7. The predicted octanol–water partition coefficient (Wildman–Crippen LogP) is 9.39. The Kier molecular flexibility index (Phi) is 15.9. The number of alkyl halides is 3. The van der Waals surface area contributed by atoms with E-state index >= 15 is 0 Å². The normalized spacial score (nSPS) is 12.2. The second-order valence-corrected chi connectivity index (χ2v) is 18.5. The summed E-state index contributed by atoms with van der Waals surface area (Å²) >= 11 is 0. The van der Waals surface area contributed by atoms with Gasteiger partial charge in [0.15, 0.2) is 31.3 Å². The van der Waals surface area contributed by atoms with Crippen LogP contribution in [-0.4, -0.2) is 23.9 Å². The second kappa shape index (κ2) is 20.7. The predicted molar refractivity (Wildman–Crippen MR) is 230 cm³/mol. The molecule has 1 aliphatic rings. The monoisotopic (exact) mass is 1000 g/mol. The average Bonchev–Trinajstić information content (AvgIpc) is 3.75. The van der Waals surface area contributed by atoms with Gasteiger partial charge in [0, 0.05) is 87.3 Å². The fraction of sp³-hybridized carbons (Fsp3) is 0.0638. The molecule has 1 N–H and O–H groups in total. The number of carbonyl (C=O) groups excluding carboxylic acids is 1. The molecule has 0 spiro atoms. The Morgan fingerprint density at radius 2 is 1.05 bits per heavy atom. The first-order valence-corrected chi connectivity index (χ1v) is 21.7. The summed E-state index contributed by atoms with van der Waals surface area (Å²) in [7, 11) is -5.57. The third-order valence-electron chi connectivity index (χ3n) is 9.33. The molecule has 61 heavy (non-hydrogen) atoms. The van der Waals surface area contributed by atoms with Crippen molar-refractivity contribution in [1.29, 1.82) is 0 Å². The largest absolute Gasteiger partial charge is 0.506 e. The minimum atomic E-state index is -5.31. The molecule has 14 heteroatoms. The van der Waals surface area contributed by atoms with Crippen LogP contribution in [-0.2, 0) is 9.13 Å². The number of aromatic hydroxyl groups is 1.